The maximum atomic E-state index is 12.9. The number of nitrogens with zero attached hydrogens (tertiary/aromatic N) is 2. The Bertz CT molecular complexity index is 897. The van der Waals surface area contributed by atoms with Crippen molar-refractivity contribution in [1.29, 1.82) is 0 Å². The number of aromatic nitrogens is 2. The van der Waals surface area contributed by atoms with Crippen LogP contribution in [0.3, 0.4) is 0 Å². The van der Waals surface area contributed by atoms with Crippen LogP contribution in [0.1, 0.15) is 52.5 Å². The minimum atomic E-state index is -0.101. The fourth-order valence-corrected chi connectivity index (χ4v) is 4.72. The summed E-state index contributed by atoms with van der Waals surface area (Å²) in [6.45, 7) is 6.08. The molecule has 0 saturated heterocycles. The third kappa shape index (κ3) is 4.66. The van der Waals surface area contributed by atoms with Crippen LogP contribution in [0.15, 0.2) is 28.2 Å². The lowest BCUT2D eigenvalue weighted by atomic mass is 9.86. The van der Waals surface area contributed by atoms with E-state index in [1.54, 1.807) is 22.8 Å². The molecule has 1 saturated carbocycles. The van der Waals surface area contributed by atoms with E-state index in [-0.39, 0.29) is 29.3 Å². The molecule has 2 atom stereocenters. The van der Waals surface area contributed by atoms with Gasteiger partial charge in [-0.3, -0.25) is 14.2 Å². The lowest BCUT2D eigenvalue weighted by Crippen LogP contribution is -2.42. The molecular weight excluding hydrogens is 382 g/mol. The second-order valence-electron chi connectivity index (χ2n) is 7.55. The van der Waals surface area contributed by atoms with Crippen molar-refractivity contribution in [2.45, 2.75) is 63.7 Å². The van der Waals surface area contributed by atoms with Crippen LogP contribution in [-0.4, -0.2) is 27.3 Å². The highest BCUT2D eigenvalue weighted by molar-refractivity contribution is 7.99. The number of halogens is 1. The largest absolute Gasteiger partial charge is 0.352 e. The van der Waals surface area contributed by atoms with Gasteiger partial charge in [-0.05, 0) is 50.8 Å². The van der Waals surface area contributed by atoms with Crippen molar-refractivity contribution in [2.24, 2.45) is 5.92 Å². The molecule has 1 amide bonds. The minimum Gasteiger partial charge on any atom is -0.352 e. The van der Waals surface area contributed by atoms with E-state index in [2.05, 4.69) is 17.2 Å². The van der Waals surface area contributed by atoms with Crippen LogP contribution in [-0.2, 0) is 4.79 Å². The van der Waals surface area contributed by atoms with Gasteiger partial charge in [0.15, 0.2) is 5.16 Å². The van der Waals surface area contributed by atoms with E-state index < -0.39 is 0 Å². The fraction of sp³-hybridized carbons (Fsp3) is 0.550. The van der Waals surface area contributed by atoms with Crippen LogP contribution in [0.25, 0.3) is 10.9 Å². The SMILES string of the molecule is CC(C)n1c(SCC(=O)N[C@H]2CCCC[C@@H]2C)nc2cc(Cl)ccc2c1=O. The molecule has 1 aliphatic rings. The first-order valence-electron chi connectivity index (χ1n) is 9.50. The second-order valence-corrected chi connectivity index (χ2v) is 8.93. The van der Waals surface area contributed by atoms with Gasteiger partial charge in [0.1, 0.15) is 0 Å². The van der Waals surface area contributed by atoms with Crippen LogP contribution in [0.2, 0.25) is 5.02 Å². The van der Waals surface area contributed by atoms with Crippen LogP contribution < -0.4 is 10.9 Å². The summed E-state index contributed by atoms with van der Waals surface area (Å²) in [5.41, 5.74) is 0.462. The molecule has 7 heteroatoms. The Morgan fingerprint density at radius 1 is 1.37 bits per heavy atom. The fourth-order valence-electron chi connectivity index (χ4n) is 3.62. The quantitative estimate of drug-likeness (QED) is 0.588. The molecule has 3 rings (SSSR count). The van der Waals surface area contributed by atoms with Gasteiger partial charge >= 0.3 is 0 Å². The van der Waals surface area contributed by atoms with E-state index >= 15 is 0 Å². The van der Waals surface area contributed by atoms with Crippen molar-refractivity contribution in [3.8, 4) is 0 Å². The maximum Gasteiger partial charge on any atom is 0.262 e. The molecule has 1 aromatic heterocycles. The first-order chi connectivity index (χ1) is 12.9. The summed E-state index contributed by atoms with van der Waals surface area (Å²) in [6, 6.07) is 5.30. The summed E-state index contributed by atoms with van der Waals surface area (Å²) in [6.07, 6.45) is 4.62. The third-order valence-corrected chi connectivity index (χ3v) is 6.33. The molecule has 0 spiro atoms. The summed E-state index contributed by atoms with van der Waals surface area (Å²) in [5.74, 6) is 0.756. The molecule has 0 radical (unpaired) electrons. The first-order valence-corrected chi connectivity index (χ1v) is 10.9. The van der Waals surface area contributed by atoms with Crippen LogP contribution in [0.5, 0.6) is 0 Å². The number of thioether (sulfide) groups is 1. The van der Waals surface area contributed by atoms with Crippen LogP contribution in [0, 0.1) is 5.92 Å². The van der Waals surface area contributed by atoms with Crippen molar-refractivity contribution in [1.82, 2.24) is 14.9 Å². The van der Waals surface area contributed by atoms with Gasteiger partial charge in [0.25, 0.3) is 5.56 Å². The van der Waals surface area contributed by atoms with Crippen molar-refractivity contribution in [3.05, 3.63) is 33.6 Å². The van der Waals surface area contributed by atoms with Gasteiger partial charge in [0.05, 0.1) is 16.7 Å². The topological polar surface area (TPSA) is 64.0 Å². The summed E-state index contributed by atoms with van der Waals surface area (Å²) < 4.78 is 1.65. The Kier molecular flexibility index (Phi) is 6.48. The van der Waals surface area contributed by atoms with Crippen LogP contribution in [0.4, 0.5) is 0 Å². The Balaban J connectivity index is 1.80. The van der Waals surface area contributed by atoms with E-state index in [0.717, 1.165) is 12.8 Å². The van der Waals surface area contributed by atoms with Crippen molar-refractivity contribution in [3.63, 3.8) is 0 Å². The Labute approximate surface area is 168 Å². The summed E-state index contributed by atoms with van der Waals surface area (Å²) >= 11 is 7.36. The number of nitrogens with one attached hydrogen (secondary N) is 1. The van der Waals surface area contributed by atoms with Crippen molar-refractivity contribution < 1.29 is 4.79 Å². The van der Waals surface area contributed by atoms with Crippen LogP contribution >= 0.6 is 23.4 Å². The zero-order valence-electron chi connectivity index (χ0n) is 16.0. The Morgan fingerprint density at radius 3 is 2.81 bits per heavy atom. The van der Waals surface area contributed by atoms with Crippen molar-refractivity contribution in [2.75, 3.05) is 5.75 Å². The summed E-state index contributed by atoms with van der Waals surface area (Å²) in [5, 5.41) is 4.78. The number of carbonyl (C=O) groups excluding carboxylic acids is 1. The zero-order valence-corrected chi connectivity index (χ0v) is 17.6. The molecule has 1 aliphatic carbocycles. The molecule has 146 valence electrons. The first kappa shape index (κ1) is 20.2. The molecular formula is C20H26ClN3O2S. The van der Waals surface area contributed by atoms with E-state index in [0.29, 0.717) is 27.0 Å². The standard InChI is InChI=1S/C20H26ClN3O2S/c1-12(2)24-19(26)15-9-8-14(21)10-17(15)23-20(24)27-11-18(25)22-16-7-5-4-6-13(16)3/h8-10,12-13,16H,4-7,11H2,1-3H3,(H,22,25)/t13-,16-/m0/s1. The minimum absolute atomic E-state index is 0.00510. The Morgan fingerprint density at radius 2 is 2.11 bits per heavy atom. The number of rotatable bonds is 5. The molecule has 1 aromatic carbocycles. The van der Waals surface area contributed by atoms with Gasteiger partial charge in [-0.15, -0.1) is 0 Å². The average molecular weight is 408 g/mol. The van der Waals surface area contributed by atoms with E-state index in [1.807, 2.05) is 13.8 Å². The molecule has 1 N–H and O–H groups in total. The molecule has 0 bridgehead atoms. The van der Waals surface area contributed by atoms with Gasteiger partial charge in [-0.25, -0.2) is 4.98 Å². The summed E-state index contributed by atoms with van der Waals surface area (Å²) in [4.78, 5) is 29.9. The van der Waals surface area contributed by atoms with Gasteiger partial charge in [0, 0.05) is 17.1 Å². The zero-order chi connectivity index (χ0) is 19.6. The molecule has 5 nitrogen and oxygen atoms in total. The highest BCUT2D eigenvalue weighted by Crippen LogP contribution is 2.25. The number of benzene rings is 1. The predicted molar refractivity (Wildman–Crippen MR) is 112 cm³/mol. The molecule has 1 heterocycles. The normalized spacial score (nSPS) is 20.2. The molecule has 1 fully saturated rings. The van der Waals surface area contributed by atoms with Gasteiger partial charge in [-0.1, -0.05) is 43.1 Å². The van der Waals surface area contributed by atoms with E-state index in [4.69, 9.17) is 11.6 Å². The highest BCUT2D eigenvalue weighted by Gasteiger charge is 2.23. The summed E-state index contributed by atoms with van der Waals surface area (Å²) in [7, 11) is 0. The van der Waals surface area contributed by atoms with Gasteiger partial charge < -0.3 is 5.32 Å². The molecule has 2 aromatic rings. The lowest BCUT2D eigenvalue weighted by molar-refractivity contribution is -0.119. The third-order valence-electron chi connectivity index (χ3n) is 5.14. The number of fused-ring (bicyclic) bond motifs is 1. The van der Waals surface area contributed by atoms with E-state index in [1.165, 1.54) is 24.6 Å². The maximum absolute atomic E-state index is 12.9. The number of amides is 1. The molecule has 27 heavy (non-hydrogen) atoms. The smallest absolute Gasteiger partial charge is 0.262 e. The Hall–Kier alpha value is -1.53. The second kappa shape index (κ2) is 8.65. The highest BCUT2D eigenvalue weighted by atomic mass is 35.5. The van der Waals surface area contributed by atoms with Gasteiger partial charge in [-0.2, -0.15) is 0 Å². The van der Waals surface area contributed by atoms with E-state index in [9.17, 15) is 9.59 Å². The number of hydrogen-bond acceptors (Lipinski definition) is 4. The molecule has 0 unspecified atom stereocenters. The van der Waals surface area contributed by atoms with Gasteiger partial charge in [0.2, 0.25) is 5.91 Å². The monoisotopic (exact) mass is 407 g/mol. The predicted octanol–water partition coefficient (Wildman–Crippen LogP) is 4.42. The average Bonchev–Trinajstić information content (AvgIpc) is 2.61. The molecule has 0 aliphatic heterocycles. The van der Waals surface area contributed by atoms with Crippen molar-refractivity contribution >= 4 is 40.2 Å². The number of hydrogen-bond donors (Lipinski definition) is 1. The lowest BCUT2D eigenvalue weighted by Gasteiger charge is -2.29. The number of carbonyl (C=O) groups is 1.